The standard InChI is InChI=1S/C23H32N2O3/c1-4-6-15-25(22(26)13-14-23(27)28-5-2)18-21-12-9-16-24(21)17-20-11-8-7-10-19(20)3/h7-12,16H,4-6,13-15,17-18H2,1-3H3. The van der Waals surface area contributed by atoms with E-state index in [0.717, 1.165) is 25.1 Å². The van der Waals surface area contributed by atoms with Crippen LogP contribution in [0.25, 0.3) is 0 Å². The lowest BCUT2D eigenvalue weighted by Crippen LogP contribution is -2.32. The molecule has 2 aromatic rings. The minimum Gasteiger partial charge on any atom is -0.466 e. The van der Waals surface area contributed by atoms with Crippen LogP contribution in [0.1, 0.15) is 56.4 Å². The Bertz CT molecular complexity index is 767. The second-order valence-corrected chi connectivity index (χ2v) is 7.03. The van der Waals surface area contributed by atoms with E-state index in [1.54, 1.807) is 6.92 Å². The third-order valence-corrected chi connectivity index (χ3v) is 4.86. The number of nitrogens with zero attached hydrogens (tertiary/aromatic N) is 2. The van der Waals surface area contributed by atoms with Crippen LogP contribution in [-0.4, -0.2) is 34.5 Å². The molecule has 0 unspecified atom stereocenters. The molecule has 0 spiro atoms. The van der Waals surface area contributed by atoms with Crippen molar-refractivity contribution in [2.24, 2.45) is 0 Å². The Kier molecular flexibility index (Phi) is 8.79. The molecule has 0 saturated heterocycles. The fourth-order valence-corrected chi connectivity index (χ4v) is 3.15. The monoisotopic (exact) mass is 384 g/mol. The quantitative estimate of drug-likeness (QED) is 0.542. The summed E-state index contributed by atoms with van der Waals surface area (Å²) >= 11 is 0. The molecule has 2 rings (SSSR count). The number of aryl methyl sites for hydroxylation is 1. The maximum Gasteiger partial charge on any atom is 0.306 e. The smallest absolute Gasteiger partial charge is 0.306 e. The second kappa shape index (κ2) is 11.3. The number of unbranched alkanes of at least 4 members (excludes halogenated alkanes) is 1. The summed E-state index contributed by atoms with van der Waals surface area (Å²) in [4.78, 5) is 26.2. The van der Waals surface area contributed by atoms with E-state index in [0.29, 0.717) is 19.7 Å². The molecule has 0 N–H and O–H groups in total. The maximum atomic E-state index is 12.7. The van der Waals surface area contributed by atoms with Gasteiger partial charge in [0, 0.05) is 31.4 Å². The number of ether oxygens (including phenoxy) is 1. The number of carbonyl (C=O) groups is 2. The van der Waals surface area contributed by atoms with Crippen LogP contribution in [0.5, 0.6) is 0 Å². The van der Waals surface area contributed by atoms with Crippen LogP contribution >= 0.6 is 0 Å². The first-order valence-corrected chi connectivity index (χ1v) is 10.2. The van der Waals surface area contributed by atoms with Gasteiger partial charge in [-0.15, -0.1) is 0 Å². The van der Waals surface area contributed by atoms with Crippen LogP contribution in [0, 0.1) is 6.92 Å². The highest BCUT2D eigenvalue weighted by atomic mass is 16.5. The first kappa shape index (κ1) is 21.7. The first-order valence-electron chi connectivity index (χ1n) is 10.2. The van der Waals surface area contributed by atoms with Crippen molar-refractivity contribution in [2.45, 2.75) is 59.5 Å². The van der Waals surface area contributed by atoms with Gasteiger partial charge in [0.25, 0.3) is 0 Å². The summed E-state index contributed by atoms with van der Waals surface area (Å²) in [6, 6.07) is 12.4. The molecule has 0 bridgehead atoms. The van der Waals surface area contributed by atoms with Crippen LogP contribution < -0.4 is 0 Å². The molecule has 0 atom stereocenters. The highest BCUT2D eigenvalue weighted by molar-refractivity contribution is 5.81. The van der Waals surface area contributed by atoms with Crippen LogP contribution in [0.4, 0.5) is 0 Å². The van der Waals surface area contributed by atoms with E-state index in [4.69, 9.17) is 4.74 Å². The van der Waals surface area contributed by atoms with Gasteiger partial charge in [-0.25, -0.2) is 0 Å². The number of esters is 1. The number of hydrogen-bond acceptors (Lipinski definition) is 3. The summed E-state index contributed by atoms with van der Waals surface area (Å²) < 4.78 is 7.14. The maximum absolute atomic E-state index is 12.7. The Morgan fingerprint density at radius 3 is 2.57 bits per heavy atom. The molecule has 5 nitrogen and oxygen atoms in total. The summed E-state index contributed by atoms with van der Waals surface area (Å²) in [6.07, 6.45) is 4.36. The molecule has 0 saturated carbocycles. The molecule has 5 heteroatoms. The van der Waals surface area contributed by atoms with E-state index in [1.165, 1.54) is 11.1 Å². The minimum absolute atomic E-state index is 0.00476. The van der Waals surface area contributed by atoms with Crippen molar-refractivity contribution in [2.75, 3.05) is 13.2 Å². The fraction of sp³-hybridized carbons (Fsp3) is 0.478. The number of hydrogen-bond donors (Lipinski definition) is 0. The summed E-state index contributed by atoms with van der Waals surface area (Å²) in [7, 11) is 0. The largest absolute Gasteiger partial charge is 0.466 e. The minimum atomic E-state index is -0.311. The summed E-state index contributed by atoms with van der Waals surface area (Å²) in [5.74, 6) is -0.306. The van der Waals surface area contributed by atoms with Crippen molar-refractivity contribution in [1.82, 2.24) is 9.47 Å². The predicted octanol–water partition coefficient (Wildman–Crippen LogP) is 4.32. The molecular weight excluding hydrogens is 352 g/mol. The first-order chi connectivity index (χ1) is 13.5. The Morgan fingerprint density at radius 2 is 1.86 bits per heavy atom. The van der Waals surface area contributed by atoms with Crippen molar-refractivity contribution in [1.29, 1.82) is 0 Å². The fourth-order valence-electron chi connectivity index (χ4n) is 3.15. The van der Waals surface area contributed by atoms with Crippen LogP contribution in [0.3, 0.4) is 0 Å². The third kappa shape index (κ3) is 6.55. The Labute approximate surface area is 168 Å². The molecule has 0 aliphatic heterocycles. The zero-order chi connectivity index (χ0) is 20.4. The molecule has 0 radical (unpaired) electrons. The molecule has 28 heavy (non-hydrogen) atoms. The third-order valence-electron chi connectivity index (χ3n) is 4.86. The van der Waals surface area contributed by atoms with Crippen LogP contribution in [0.15, 0.2) is 42.6 Å². The predicted molar refractivity (Wildman–Crippen MR) is 111 cm³/mol. The average Bonchev–Trinajstić information content (AvgIpc) is 3.12. The zero-order valence-electron chi connectivity index (χ0n) is 17.3. The Hall–Kier alpha value is -2.56. The number of amides is 1. The van der Waals surface area contributed by atoms with Gasteiger partial charge in [-0.1, -0.05) is 37.6 Å². The normalized spacial score (nSPS) is 10.7. The second-order valence-electron chi connectivity index (χ2n) is 7.03. The van der Waals surface area contributed by atoms with Crippen molar-refractivity contribution in [3.05, 3.63) is 59.4 Å². The van der Waals surface area contributed by atoms with E-state index in [2.05, 4.69) is 48.9 Å². The molecular formula is C23H32N2O3. The molecule has 0 aliphatic rings. The number of carbonyl (C=O) groups excluding carboxylic acids is 2. The van der Waals surface area contributed by atoms with Gasteiger partial charge >= 0.3 is 5.97 Å². The van der Waals surface area contributed by atoms with Gasteiger partial charge in [0.1, 0.15) is 0 Å². The van der Waals surface area contributed by atoms with Crippen molar-refractivity contribution in [3.8, 4) is 0 Å². The van der Waals surface area contributed by atoms with Crippen LogP contribution in [-0.2, 0) is 27.4 Å². The van der Waals surface area contributed by atoms with E-state index in [-0.39, 0.29) is 24.7 Å². The van der Waals surface area contributed by atoms with Gasteiger partial charge in [-0.3, -0.25) is 9.59 Å². The molecule has 1 heterocycles. The van der Waals surface area contributed by atoms with E-state index in [1.807, 2.05) is 17.0 Å². The zero-order valence-corrected chi connectivity index (χ0v) is 17.3. The molecule has 152 valence electrons. The highest BCUT2D eigenvalue weighted by Gasteiger charge is 2.17. The van der Waals surface area contributed by atoms with E-state index >= 15 is 0 Å². The number of benzene rings is 1. The molecule has 0 aliphatic carbocycles. The summed E-state index contributed by atoms with van der Waals surface area (Å²) in [6.45, 7) is 8.39. The van der Waals surface area contributed by atoms with Crippen molar-refractivity contribution < 1.29 is 14.3 Å². The van der Waals surface area contributed by atoms with Gasteiger partial charge in [-0.05, 0) is 43.5 Å². The topological polar surface area (TPSA) is 51.5 Å². The van der Waals surface area contributed by atoms with Crippen molar-refractivity contribution >= 4 is 11.9 Å². The van der Waals surface area contributed by atoms with Crippen LogP contribution in [0.2, 0.25) is 0 Å². The average molecular weight is 385 g/mol. The van der Waals surface area contributed by atoms with Gasteiger partial charge in [0.2, 0.25) is 5.91 Å². The van der Waals surface area contributed by atoms with Gasteiger partial charge in [0.15, 0.2) is 0 Å². The highest BCUT2D eigenvalue weighted by Crippen LogP contribution is 2.15. The summed E-state index contributed by atoms with van der Waals surface area (Å²) in [5, 5.41) is 0. The number of rotatable bonds is 11. The van der Waals surface area contributed by atoms with Gasteiger partial charge < -0.3 is 14.2 Å². The lowest BCUT2D eigenvalue weighted by atomic mass is 10.1. The van der Waals surface area contributed by atoms with E-state index in [9.17, 15) is 9.59 Å². The molecule has 1 amide bonds. The summed E-state index contributed by atoms with van der Waals surface area (Å²) in [5.41, 5.74) is 3.63. The number of aromatic nitrogens is 1. The molecule has 0 fully saturated rings. The lowest BCUT2D eigenvalue weighted by molar-refractivity contribution is -0.145. The Balaban J connectivity index is 2.06. The SMILES string of the molecule is CCCCN(Cc1cccn1Cc1ccccc1C)C(=O)CCC(=O)OCC. The van der Waals surface area contributed by atoms with Crippen molar-refractivity contribution in [3.63, 3.8) is 0 Å². The van der Waals surface area contributed by atoms with Gasteiger partial charge in [0.05, 0.1) is 19.6 Å². The van der Waals surface area contributed by atoms with E-state index < -0.39 is 0 Å². The Morgan fingerprint density at radius 1 is 1.07 bits per heavy atom. The molecule has 1 aromatic heterocycles. The molecule has 1 aromatic carbocycles. The lowest BCUT2D eigenvalue weighted by Gasteiger charge is -2.24. The van der Waals surface area contributed by atoms with Gasteiger partial charge in [-0.2, -0.15) is 0 Å².